The van der Waals surface area contributed by atoms with Crippen LogP contribution >= 0.6 is 28.5 Å². The lowest BCUT2D eigenvalue weighted by atomic mass is 9.94. The van der Waals surface area contributed by atoms with Crippen molar-refractivity contribution in [1.29, 1.82) is 0 Å². The van der Waals surface area contributed by atoms with Gasteiger partial charge in [-0.15, -0.1) is 4.76 Å². The highest BCUT2D eigenvalue weighted by molar-refractivity contribution is 8.07. The standard InChI is InChI=1S/C12H13Cl2N2O3P/c1-6-5-7(2)9(4)10(8(6)3)11-15-19-12(18-11)16-20(13,14)17/h5H,1-4H3/b16-12-. The molecule has 0 saturated carbocycles. The zero-order valence-electron chi connectivity index (χ0n) is 11.4. The number of aryl methyl sites for hydroxylation is 2. The summed E-state index contributed by atoms with van der Waals surface area (Å²) in [5.41, 5.74) is 5.10. The van der Waals surface area contributed by atoms with Gasteiger partial charge in [0, 0.05) is 5.56 Å². The molecule has 5 nitrogen and oxygen atoms in total. The molecular formula is C12H13Cl2N2O3P. The molecule has 2 aromatic rings. The van der Waals surface area contributed by atoms with E-state index in [0.29, 0.717) is 0 Å². The summed E-state index contributed by atoms with van der Waals surface area (Å²) in [6, 6.07) is 2.09. The van der Waals surface area contributed by atoms with Crippen molar-refractivity contribution in [2.24, 2.45) is 4.76 Å². The molecule has 0 N–H and O–H groups in total. The van der Waals surface area contributed by atoms with Crippen LogP contribution in [0.25, 0.3) is 11.5 Å². The van der Waals surface area contributed by atoms with Gasteiger partial charge in [-0.25, -0.2) is 0 Å². The fourth-order valence-electron chi connectivity index (χ4n) is 1.97. The van der Waals surface area contributed by atoms with Gasteiger partial charge in [-0.3, -0.25) is 9.09 Å². The quantitative estimate of drug-likeness (QED) is 0.749. The Hall–Kier alpha value is -1.03. The Morgan fingerprint density at radius 2 is 1.70 bits per heavy atom. The lowest BCUT2D eigenvalue weighted by Gasteiger charge is -2.11. The number of hydrogen-bond donors (Lipinski definition) is 0. The van der Waals surface area contributed by atoms with E-state index in [9.17, 15) is 4.57 Å². The first-order chi connectivity index (χ1) is 9.19. The predicted octanol–water partition coefficient (Wildman–Crippen LogP) is 4.65. The van der Waals surface area contributed by atoms with Gasteiger partial charge >= 0.3 is 11.7 Å². The van der Waals surface area contributed by atoms with Crippen LogP contribution < -0.4 is 5.75 Å². The van der Waals surface area contributed by atoms with Crippen LogP contribution in [-0.4, -0.2) is 5.16 Å². The third kappa shape index (κ3) is 3.17. The number of hydrogen-bond acceptors (Lipinski definition) is 4. The molecule has 1 aromatic heterocycles. The molecule has 0 radical (unpaired) electrons. The van der Waals surface area contributed by atoms with Crippen LogP contribution in [0.2, 0.25) is 0 Å². The van der Waals surface area contributed by atoms with Crippen LogP contribution in [0, 0.1) is 27.7 Å². The van der Waals surface area contributed by atoms with Crippen LogP contribution in [0.15, 0.2) is 19.8 Å². The smallest absolute Gasteiger partial charge is 0.387 e. The summed E-state index contributed by atoms with van der Waals surface area (Å²) in [6.45, 7) is 7.93. The lowest BCUT2D eigenvalue weighted by molar-refractivity contribution is 0.323. The van der Waals surface area contributed by atoms with Crippen molar-refractivity contribution in [2.75, 3.05) is 0 Å². The van der Waals surface area contributed by atoms with Crippen molar-refractivity contribution in [1.82, 2.24) is 5.16 Å². The molecule has 0 aliphatic heterocycles. The van der Waals surface area contributed by atoms with Crippen molar-refractivity contribution in [3.05, 3.63) is 34.1 Å². The summed E-state index contributed by atoms with van der Waals surface area (Å²) in [4.78, 5) is 0. The molecule has 20 heavy (non-hydrogen) atoms. The molecule has 1 aromatic carbocycles. The fraction of sp³-hybridized carbons (Fsp3) is 0.333. The number of nitrogens with zero attached hydrogens (tertiary/aromatic N) is 2. The Morgan fingerprint density at radius 3 is 2.20 bits per heavy atom. The maximum atomic E-state index is 11.2. The fourth-order valence-corrected chi connectivity index (χ4v) is 2.61. The van der Waals surface area contributed by atoms with Crippen LogP contribution in [0.3, 0.4) is 0 Å². The normalized spacial score (nSPS) is 13.0. The van der Waals surface area contributed by atoms with Gasteiger partial charge in [-0.1, -0.05) is 6.07 Å². The van der Waals surface area contributed by atoms with E-state index in [2.05, 4.69) is 16.0 Å². The van der Waals surface area contributed by atoms with Gasteiger partial charge in [0.25, 0.3) is 5.89 Å². The molecule has 0 saturated heterocycles. The van der Waals surface area contributed by atoms with Crippen LogP contribution in [0.4, 0.5) is 0 Å². The largest absolute Gasteiger partial charge is 0.426 e. The van der Waals surface area contributed by atoms with E-state index in [4.69, 9.17) is 31.4 Å². The van der Waals surface area contributed by atoms with Gasteiger partial charge in [0.2, 0.25) is 0 Å². The molecule has 0 unspecified atom stereocenters. The van der Waals surface area contributed by atoms with Gasteiger partial charge in [0.05, 0.1) is 0 Å². The van der Waals surface area contributed by atoms with E-state index in [0.717, 1.165) is 27.8 Å². The first-order valence-electron chi connectivity index (χ1n) is 5.79. The Bertz CT molecular complexity index is 747. The van der Waals surface area contributed by atoms with Crippen LogP contribution in [-0.2, 0) is 4.57 Å². The van der Waals surface area contributed by atoms with Gasteiger partial charge in [-0.05, 0) is 77.6 Å². The Kier molecular flexibility index (Phi) is 4.14. The second kappa shape index (κ2) is 5.40. The Labute approximate surface area is 125 Å². The van der Waals surface area contributed by atoms with Crippen molar-refractivity contribution in [3.63, 3.8) is 0 Å². The van der Waals surface area contributed by atoms with E-state index in [1.54, 1.807) is 0 Å². The van der Waals surface area contributed by atoms with Crippen LogP contribution in [0.1, 0.15) is 22.3 Å². The SMILES string of the molecule is Cc1cc(C)c(C)c(-c2no/c(=N\P(=O)(Cl)Cl)o2)c1C. The van der Waals surface area contributed by atoms with Gasteiger partial charge in [0.1, 0.15) is 0 Å². The topological polar surface area (TPSA) is 68.6 Å². The van der Waals surface area contributed by atoms with E-state index in [1.807, 2.05) is 27.7 Å². The average molecular weight is 335 g/mol. The van der Waals surface area contributed by atoms with Crippen molar-refractivity contribution in [3.8, 4) is 11.5 Å². The second-order valence-electron chi connectivity index (χ2n) is 4.53. The summed E-state index contributed by atoms with van der Waals surface area (Å²) >= 11 is 10.7. The second-order valence-corrected chi connectivity index (χ2v) is 8.86. The number of halogens is 2. The molecule has 2 rings (SSSR count). The zero-order chi connectivity index (χ0) is 15.1. The first-order valence-corrected chi connectivity index (χ1v) is 9.26. The molecule has 0 atom stereocenters. The minimum Gasteiger partial charge on any atom is -0.387 e. The van der Waals surface area contributed by atoms with E-state index in [1.165, 1.54) is 0 Å². The molecule has 0 amide bonds. The average Bonchev–Trinajstić information content (AvgIpc) is 2.73. The van der Waals surface area contributed by atoms with Crippen molar-refractivity contribution in [2.45, 2.75) is 27.7 Å². The van der Waals surface area contributed by atoms with Crippen LogP contribution in [0.5, 0.6) is 0 Å². The number of benzene rings is 1. The summed E-state index contributed by atoms with van der Waals surface area (Å²) in [5.74, 6) is -3.72. The third-order valence-corrected chi connectivity index (χ3v) is 4.02. The molecule has 108 valence electrons. The van der Waals surface area contributed by atoms with E-state index >= 15 is 0 Å². The summed E-state index contributed by atoms with van der Waals surface area (Å²) in [5, 5.41) is 3.80. The van der Waals surface area contributed by atoms with Gasteiger partial charge in [0.15, 0.2) is 0 Å². The minimum absolute atomic E-state index is 0.257. The van der Waals surface area contributed by atoms with E-state index < -0.39 is 6.00 Å². The third-order valence-electron chi connectivity index (χ3n) is 3.17. The molecule has 0 spiro atoms. The Morgan fingerprint density at radius 1 is 1.15 bits per heavy atom. The monoisotopic (exact) mass is 334 g/mol. The minimum atomic E-state index is -3.67. The molecule has 1 heterocycles. The molecule has 0 bridgehead atoms. The predicted molar refractivity (Wildman–Crippen MR) is 78.0 cm³/mol. The number of rotatable bonds is 2. The van der Waals surface area contributed by atoms with E-state index in [-0.39, 0.29) is 11.6 Å². The van der Waals surface area contributed by atoms with Crippen molar-refractivity contribution >= 4 is 28.5 Å². The molecule has 0 aliphatic rings. The van der Waals surface area contributed by atoms with Gasteiger partial charge < -0.3 is 4.42 Å². The highest BCUT2D eigenvalue weighted by Crippen LogP contribution is 2.57. The summed E-state index contributed by atoms with van der Waals surface area (Å²) in [7, 11) is 0. The number of aromatic nitrogens is 1. The first kappa shape index (κ1) is 15.4. The maximum Gasteiger partial charge on any atom is 0.426 e. The maximum absolute atomic E-state index is 11.2. The van der Waals surface area contributed by atoms with Crippen molar-refractivity contribution < 1.29 is 13.5 Å². The summed E-state index contributed by atoms with van der Waals surface area (Å²) < 4.78 is 24.8. The van der Waals surface area contributed by atoms with Gasteiger partial charge in [-0.2, -0.15) is 0 Å². The molecular weight excluding hydrogens is 322 g/mol. The Balaban J connectivity index is 2.65. The summed E-state index contributed by atoms with van der Waals surface area (Å²) in [6.07, 6.45) is 0. The highest BCUT2D eigenvalue weighted by atomic mass is 35.9. The molecule has 8 heteroatoms. The molecule has 0 aliphatic carbocycles. The zero-order valence-corrected chi connectivity index (χ0v) is 13.8. The lowest BCUT2D eigenvalue weighted by Crippen LogP contribution is -1.96. The highest BCUT2D eigenvalue weighted by Gasteiger charge is 2.18. The molecule has 0 fully saturated rings.